The highest BCUT2D eigenvalue weighted by atomic mass is 32.2. The largest absolute Gasteiger partial charge is 0.411 e. The van der Waals surface area contributed by atoms with Crippen LogP contribution in [0.25, 0.3) is 11.5 Å². The molecule has 1 aliphatic rings. The summed E-state index contributed by atoms with van der Waals surface area (Å²) in [7, 11) is 0. The quantitative estimate of drug-likeness (QED) is 0.491. The van der Waals surface area contributed by atoms with Gasteiger partial charge in [-0.1, -0.05) is 36.0 Å². The van der Waals surface area contributed by atoms with E-state index in [1.165, 1.54) is 23.9 Å². The zero-order valence-electron chi connectivity index (χ0n) is 14.0. The number of anilines is 1. The fourth-order valence-corrected chi connectivity index (χ4v) is 3.78. The Morgan fingerprint density at radius 3 is 2.74 bits per heavy atom. The van der Waals surface area contributed by atoms with Crippen LogP contribution in [0.4, 0.5) is 11.4 Å². The number of nitrogens with zero attached hydrogens (tertiary/aromatic N) is 4. The fraction of sp³-hybridized carbons (Fsp3) is 0.167. The van der Waals surface area contributed by atoms with Gasteiger partial charge in [-0.3, -0.25) is 14.9 Å². The molecule has 4 rings (SSSR count). The monoisotopic (exact) mass is 382 g/mol. The number of hydrogen-bond acceptors (Lipinski definition) is 7. The van der Waals surface area contributed by atoms with Crippen LogP contribution in [0.15, 0.2) is 64.2 Å². The molecule has 2 aromatic carbocycles. The van der Waals surface area contributed by atoms with Gasteiger partial charge in [-0.15, -0.1) is 10.2 Å². The lowest BCUT2D eigenvalue weighted by Gasteiger charge is -2.16. The molecule has 0 radical (unpaired) electrons. The zero-order chi connectivity index (χ0) is 18.8. The normalized spacial score (nSPS) is 16.7. The summed E-state index contributed by atoms with van der Waals surface area (Å²) in [5.74, 6) is 0.277. The van der Waals surface area contributed by atoms with Crippen LogP contribution < -0.4 is 4.90 Å². The minimum atomic E-state index is -0.472. The molecule has 8 nitrogen and oxygen atoms in total. The van der Waals surface area contributed by atoms with Crippen LogP contribution in [0.2, 0.25) is 0 Å². The average Bonchev–Trinajstić information content (AvgIpc) is 3.30. The molecule has 1 unspecified atom stereocenters. The van der Waals surface area contributed by atoms with E-state index in [1.807, 2.05) is 30.3 Å². The second kappa shape index (κ2) is 7.20. The Kier molecular flexibility index (Phi) is 4.59. The fourth-order valence-electron chi connectivity index (χ4n) is 2.87. The van der Waals surface area contributed by atoms with Gasteiger partial charge >= 0.3 is 0 Å². The first-order valence-corrected chi connectivity index (χ1v) is 9.11. The summed E-state index contributed by atoms with van der Waals surface area (Å²) in [5, 5.41) is 18.9. The Balaban J connectivity index is 1.47. The number of aromatic nitrogens is 2. The van der Waals surface area contributed by atoms with Crippen molar-refractivity contribution in [3.05, 3.63) is 64.7 Å². The molecular formula is C18H14N4O4S. The number of nitro benzene ring substituents is 1. The van der Waals surface area contributed by atoms with Crippen molar-refractivity contribution >= 4 is 29.0 Å². The van der Waals surface area contributed by atoms with Crippen LogP contribution >= 0.6 is 11.8 Å². The van der Waals surface area contributed by atoms with Crippen molar-refractivity contribution < 1.29 is 14.1 Å². The summed E-state index contributed by atoms with van der Waals surface area (Å²) in [6.45, 7) is 0.483. The van der Waals surface area contributed by atoms with Gasteiger partial charge in [0.25, 0.3) is 10.9 Å². The molecule has 0 aliphatic carbocycles. The molecule has 9 heteroatoms. The third kappa shape index (κ3) is 3.54. The zero-order valence-corrected chi connectivity index (χ0v) is 14.8. The SMILES string of the molecule is O=C1C(Sc2nnc(-c3ccccc3)o2)CCN1c1cccc([N+](=O)[O-])c1. The molecule has 1 atom stereocenters. The third-order valence-corrected chi connectivity index (χ3v) is 5.27. The Bertz CT molecular complexity index is 992. The van der Waals surface area contributed by atoms with Crippen molar-refractivity contribution in [2.75, 3.05) is 11.4 Å². The number of nitro groups is 1. The first kappa shape index (κ1) is 17.2. The second-order valence-corrected chi connectivity index (χ2v) is 7.06. The molecule has 1 aliphatic heterocycles. The number of carbonyl (C=O) groups excluding carboxylic acids is 1. The molecular weight excluding hydrogens is 368 g/mol. The molecule has 1 fully saturated rings. The maximum absolute atomic E-state index is 12.7. The van der Waals surface area contributed by atoms with E-state index in [9.17, 15) is 14.9 Å². The van der Waals surface area contributed by atoms with E-state index >= 15 is 0 Å². The highest BCUT2D eigenvalue weighted by molar-refractivity contribution is 8.00. The maximum Gasteiger partial charge on any atom is 0.277 e. The van der Waals surface area contributed by atoms with Gasteiger partial charge in [-0.25, -0.2) is 0 Å². The van der Waals surface area contributed by atoms with Crippen LogP contribution in [-0.4, -0.2) is 32.8 Å². The van der Waals surface area contributed by atoms with Gasteiger partial charge in [0, 0.05) is 24.2 Å². The summed E-state index contributed by atoms with van der Waals surface area (Å²) >= 11 is 1.22. The lowest BCUT2D eigenvalue weighted by Crippen LogP contribution is -2.28. The maximum atomic E-state index is 12.7. The van der Waals surface area contributed by atoms with Gasteiger partial charge in [0.15, 0.2) is 0 Å². The van der Waals surface area contributed by atoms with Crippen LogP contribution in [0.5, 0.6) is 0 Å². The standard InChI is InChI=1S/C18H14N4O4S/c23-17-15(9-10-21(17)13-7-4-8-14(11-13)22(24)25)27-18-20-19-16(26-18)12-5-2-1-3-6-12/h1-8,11,15H,9-10H2. The predicted octanol–water partition coefficient (Wildman–Crippen LogP) is 3.54. The molecule has 2 heterocycles. The highest BCUT2D eigenvalue weighted by Crippen LogP contribution is 2.34. The van der Waals surface area contributed by atoms with Gasteiger partial charge in [0.2, 0.25) is 11.8 Å². The van der Waals surface area contributed by atoms with E-state index in [-0.39, 0.29) is 16.8 Å². The predicted molar refractivity (Wildman–Crippen MR) is 99.4 cm³/mol. The van der Waals surface area contributed by atoms with Crippen molar-refractivity contribution in [2.45, 2.75) is 16.9 Å². The Morgan fingerprint density at radius 1 is 1.15 bits per heavy atom. The molecule has 1 saturated heterocycles. The summed E-state index contributed by atoms with van der Waals surface area (Å²) in [4.78, 5) is 24.7. The van der Waals surface area contributed by atoms with Gasteiger partial charge < -0.3 is 9.32 Å². The smallest absolute Gasteiger partial charge is 0.277 e. The van der Waals surface area contributed by atoms with Crippen molar-refractivity contribution in [1.29, 1.82) is 0 Å². The minimum absolute atomic E-state index is 0.0409. The number of thioether (sulfide) groups is 1. The van der Waals surface area contributed by atoms with Crippen LogP contribution in [-0.2, 0) is 4.79 Å². The number of amides is 1. The lowest BCUT2D eigenvalue weighted by molar-refractivity contribution is -0.384. The first-order chi connectivity index (χ1) is 13.1. The van der Waals surface area contributed by atoms with E-state index in [0.29, 0.717) is 29.8 Å². The molecule has 0 N–H and O–H groups in total. The van der Waals surface area contributed by atoms with E-state index in [2.05, 4.69) is 10.2 Å². The topological polar surface area (TPSA) is 102 Å². The molecule has 0 spiro atoms. The van der Waals surface area contributed by atoms with Crippen LogP contribution in [0.3, 0.4) is 0 Å². The Labute approximate surface area is 158 Å². The van der Waals surface area contributed by atoms with Gasteiger partial charge in [0.05, 0.1) is 15.9 Å². The highest BCUT2D eigenvalue weighted by Gasteiger charge is 2.35. The molecule has 27 heavy (non-hydrogen) atoms. The van der Waals surface area contributed by atoms with Crippen molar-refractivity contribution in [3.8, 4) is 11.5 Å². The van der Waals surface area contributed by atoms with Gasteiger partial charge in [0.1, 0.15) is 0 Å². The number of benzene rings is 2. The summed E-state index contributed by atoms with van der Waals surface area (Å²) < 4.78 is 5.65. The molecule has 1 amide bonds. The van der Waals surface area contributed by atoms with Gasteiger partial charge in [-0.2, -0.15) is 0 Å². The van der Waals surface area contributed by atoms with Crippen molar-refractivity contribution in [2.24, 2.45) is 0 Å². The number of carbonyl (C=O) groups is 1. The first-order valence-electron chi connectivity index (χ1n) is 8.23. The van der Waals surface area contributed by atoms with Gasteiger partial charge in [-0.05, 0) is 24.6 Å². The Morgan fingerprint density at radius 2 is 1.96 bits per heavy atom. The summed E-state index contributed by atoms with van der Waals surface area (Å²) in [6.07, 6.45) is 0.593. The number of rotatable bonds is 5. The Hall–Kier alpha value is -3.20. The molecule has 1 aromatic heterocycles. The second-order valence-electron chi connectivity index (χ2n) is 5.90. The third-order valence-electron chi connectivity index (χ3n) is 4.18. The number of hydrogen-bond donors (Lipinski definition) is 0. The molecule has 0 bridgehead atoms. The van der Waals surface area contributed by atoms with E-state index < -0.39 is 4.92 Å². The van der Waals surface area contributed by atoms with Crippen molar-refractivity contribution in [1.82, 2.24) is 10.2 Å². The average molecular weight is 382 g/mol. The van der Waals surface area contributed by atoms with Crippen LogP contribution in [0.1, 0.15) is 6.42 Å². The molecule has 3 aromatic rings. The van der Waals surface area contributed by atoms with Crippen LogP contribution in [0, 0.1) is 10.1 Å². The van der Waals surface area contributed by atoms with E-state index in [0.717, 1.165) is 5.56 Å². The molecule has 0 saturated carbocycles. The van der Waals surface area contributed by atoms with E-state index in [4.69, 9.17) is 4.42 Å². The van der Waals surface area contributed by atoms with E-state index in [1.54, 1.807) is 17.0 Å². The molecule has 136 valence electrons. The number of non-ortho nitro benzene ring substituents is 1. The lowest BCUT2D eigenvalue weighted by atomic mass is 10.2. The summed E-state index contributed by atoms with van der Waals surface area (Å²) in [6, 6.07) is 15.5. The summed E-state index contributed by atoms with van der Waals surface area (Å²) in [5.41, 5.74) is 1.29. The van der Waals surface area contributed by atoms with Crippen molar-refractivity contribution in [3.63, 3.8) is 0 Å². The minimum Gasteiger partial charge on any atom is -0.411 e.